The number of rotatable bonds is 14. The van der Waals surface area contributed by atoms with Crippen LogP contribution in [0.15, 0.2) is 24.3 Å². The Morgan fingerprint density at radius 2 is 1.43 bits per heavy atom. The van der Waals surface area contributed by atoms with E-state index in [0.717, 1.165) is 25.7 Å². The minimum atomic E-state index is -4.80. The average molecular weight is 451 g/mol. The van der Waals surface area contributed by atoms with Gasteiger partial charge in [0.2, 0.25) is 0 Å². The van der Waals surface area contributed by atoms with Gasteiger partial charge in [-0.2, -0.15) is 0 Å². The molecule has 0 heterocycles. The van der Waals surface area contributed by atoms with E-state index in [9.17, 15) is 22.6 Å². The first kappa shape index (κ1) is 29.1. The van der Waals surface area contributed by atoms with Gasteiger partial charge in [-0.15, -0.1) is 0 Å². The molecule has 1 rings (SSSR count). The fraction of sp³-hybridized carbons (Fsp3) is 0.619. The topological polar surface area (TPSA) is 110 Å². The molecule has 164 valence electrons. The predicted octanol–water partition coefficient (Wildman–Crippen LogP) is 1.43. The molecule has 0 amide bonds. The molecule has 9 heteroatoms. The van der Waals surface area contributed by atoms with Gasteiger partial charge in [-0.3, -0.25) is 0 Å². The number of carbonyl (C=O) groups excluding carboxylic acids is 2. The van der Waals surface area contributed by atoms with E-state index in [-0.39, 0.29) is 53.7 Å². The van der Waals surface area contributed by atoms with Gasteiger partial charge in [0.25, 0.3) is 0 Å². The molecule has 0 N–H and O–H groups in total. The first-order chi connectivity index (χ1) is 13.8. The van der Waals surface area contributed by atoms with E-state index in [0.29, 0.717) is 6.42 Å². The van der Waals surface area contributed by atoms with Crippen molar-refractivity contribution in [3.8, 4) is 0 Å². The summed E-state index contributed by atoms with van der Waals surface area (Å²) in [4.78, 5) is 24.7. The number of carbonyl (C=O) groups is 2. The van der Waals surface area contributed by atoms with Gasteiger partial charge in [-0.25, -0.2) is 18.0 Å². The van der Waals surface area contributed by atoms with Crippen molar-refractivity contribution in [2.45, 2.75) is 77.1 Å². The third-order valence-electron chi connectivity index (χ3n) is 4.43. The molecule has 1 atom stereocenters. The van der Waals surface area contributed by atoms with E-state index in [1.165, 1.54) is 37.5 Å². The van der Waals surface area contributed by atoms with E-state index in [4.69, 9.17) is 9.47 Å². The van der Waals surface area contributed by atoms with Crippen LogP contribution in [-0.4, -0.2) is 37.0 Å². The molecule has 0 bridgehead atoms. The molecular formula is C21H31NaO7S. The molecule has 1 aromatic carbocycles. The molecule has 7 nitrogen and oxygen atoms in total. The molecule has 0 saturated carbocycles. The summed E-state index contributed by atoms with van der Waals surface area (Å²) in [6, 6.07) is 5.83. The molecule has 0 aliphatic carbocycles. The largest absolute Gasteiger partial charge is 1.00 e. The van der Waals surface area contributed by atoms with Crippen molar-refractivity contribution in [2.75, 3.05) is 6.61 Å². The summed E-state index contributed by atoms with van der Waals surface area (Å²) in [6.45, 7) is 4.07. The molecule has 0 aliphatic heterocycles. The van der Waals surface area contributed by atoms with E-state index in [2.05, 4.69) is 6.92 Å². The molecule has 0 saturated heterocycles. The fourth-order valence-corrected chi connectivity index (χ4v) is 3.55. The maximum Gasteiger partial charge on any atom is 1.00 e. The van der Waals surface area contributed by atoms with Gasteiger partial charge in [0.05, 0.1) is 17.7 Å². The van der Waals surface area contributed by atoms with Crippen LogP contribution in [0.25, 0.3) is 0 Å². The van der Waals surface area contributed by atoms with Gasteiger partial charge in [0.15, 0.2) is 5.44 Å². The van der Waals surface area contributed by atoms with E-state index in [1.807, 2.05) is 0 Å². The van der Waals surface area contributed by atoms with Crippen LogP contribution in [0.4, 0.5) is 0 Å². The Balaban J connectivity index is 0.00000841. The van der Waals surface area contributed by atoms with Crippen LogP contribution in [0.5, 0.6) is 0 Å². The second-order valence-corrected chi connectivity index (χ2v) is 8.43. The van der Waals surface area contributed by atoms with Crippen molar-refractivity contribution in [3.63, 3.8) is 0 Å². The summed E-state index contributed by atoms with van der Waals surface area (Å²) >= 11 is 0. The Labute approximate surface area is 201 Å². The summed E-state index contributed by atoms with van der Waals surface area (Å²) in [5, 5.41) is 0. The standard InChI is InChI=1S/C21H32O7S.Na/c1-3-5-6-7-8-9-12-16-27-20(22)17-14-10-11-15-18(17)21(23)28-19(13-4-2)29(24,25)26;/h10-11,14-15,19H,3-9,12-13,16H2,1-2H3,(H,24,25,26);/q;+1/p-1. The van der Waals surface area contributed by atoms with Gasteiger partial charge < -0.3 is 14.0 Å². The predicted molar refractivity (Wildman–Crippen MR) is 109 cm³/mol. The number of ether oxygens (including phenoxy) is 2. The number of hydrogen-bond acceptors (Lipinski definition) is 7. The number of esters is 2. The zero-order valence-electron chi connectivity index (χ0n) is 18.2. The minimum absolute atomic E-state index is 0. The molecule has 1 aromatic rings. The first-order valence-corrected chi connectivity index (χ1v) is 11.7. The average Bonchev–Trinajstić information content (AvgIpc) is 2.68. The Morgan fingerprint density at radius 3 is 1.97 bits per heavy atom. The zero-order chi connectivity index (χ0) is 21.7. The summed E-state index contributed by atoms with van der Waals surface area (Å²) < 4.78 is 43.9. The molecule has 0 spiro atoms. The van der Waals surface area contributed by atoms with Crippen LogP contribution in [0.2, 0.25) is 0 Å². The number of hydrogen-bond donors (Lipinski definition) is 0. The Kier molecular flexibility index (Phi) is 15.3. The minimum Gasteiger partial charge on any atom is -0.745 e. The van der Waals surface area contributed by atoms with Gasteiger partial charge in [0.1, 0.15) is 10.1 Å². The van der Waals surface area contributed by atoms with Crippen molar-refractivity contribution in [2.24, 2.45) is 0 Å². The quantitative estimate of drug-likeness (QED) is 0.182. The third-order valence-corrected chi connectivity index (χ3v) is 5.41. The smallest absolute Gasteiger partial charge is 0.745 e. The van der Waals surface area contributed by atoms with Crippen LogP contribution in [0.1, 0.15) is 92.4 Å². The maximum absolute atomic E-state index is 12.4. The van der Waals surface area contributed by atoms with Crippen LogP contribution >= 0.6 is 0 Å². The summed E-state index contributed by atoms with van der Waals surface area (Å²) in [7, 11) is -4.80. The second-order valence-electron chi connectivity index (χ2n) is 6.92. The summed E-state index contributed by atoms with van der Waals surface area (Å²) in [5.41, 5.74) is -1.92. The fourth-order valence-electron chi connectivity index (χ4n) is 2.82. The number of benzene rings is 1. The van der Waals surface area contributed by atoms with Gasteiger partial charge in [-0.1, -0.05) is 70.9 Å². The van der Waals surface area contributed by atoms with Crippen LogP contribution in [0, 0.1) is 0 Å². The Bertz CT molecular complexity index is 749. The number of unbranched alkanes of at least 4 members (excludes halogenated alkanes) is 6. The molecule has 0 radical (unpaired) electrons. The van der Waals surface area contributed by atoms with Crippen molar-refractivity contribution in [1.82, 2.24) is 0 Å². The van der Waals surface area contributed by atoms with Gasteiger partial charge >= 0.3 is 41.5 Å². The molecule has 1 unspecified atom stereocenters. The van der Waals surface area contributed by atoms with Gasteiger partial charge in [-0.05, 0) is 25.0 Å². The summed E-state index contributed by atoms with van der Waals surface area (Å²) in [6.07, 6.45) is 7.82. The zero-order valence-corrected chi connectivity index (χ0v) is 21.0. The normalized spacial score (nSPS) is 12.0. The SMILES string of the molecule is CCCCCCCCCOC(=O)c1ccccc1C(=O)OC(CCC)S(=O)(=O)[O-].[Na+]. The van der Waals surface area contributed by atoms with E-state index < -0.39 is 27.5 Å². The van der Waals surface area contributed by atoms with Crippen LogP contribution in [0.3, 0.4) is 0 Å². The Morgan fingerprint density at radius 1 is 0.900 bits per heavy atom. The van der Waals surface area contributed by atoms with Crippen molar-refractivity contribution in [3.05, 3.63) is 35.4 Å². The maximum atomic E-state index is 12.4. The van der Waals surface area contributed by atoms with E-state index >= 15 is 0 Å². The van der Waals surface area contributed by atoms with Crippen molar-refractivity contribution >= 4 is 22.1 Å². The van der Waals surface area contributed by atoms with Crippen LogP contribution < -0.4 is 29.6 Å². The molecule has 0 aliphatic rings. The first-order valence-electron chi connectivity index (χ1n) is 10.2. The molecular weight excluding hydrogens is 419 g/mol. The monoisotopic (exact) mass is 450 g/mol. The van der Waals surface area contributed by atoms with Gasteiger partial charge in [0, 0.05) is 0 Å². The van der Waals surface area contributed by atoms with Crippen molar-refractivity contribution < 1.29 is 61.6 Å². The summed E-state index contributed by atoms with van der Waals surface area (Å²) in [5.74, 6) is -1.72. The molecule has 0 fully saturated rings. The Hall–Kier alpha value is -0.930. The van der Waals surface area contributed by atoms with Crippen molar-refractivity contribution in [1.29, 1.82) is 0 Å². The van der Waals surface area contributed by atoms with E-state index in [1.54, 1.807) is 13.0 Å². The molecule has 30 heavy (non-hydrogen) atoms. The second kappa shape index (κ2) is 15.8. The molecule has 0 aromatic heterocycles. The third kappa shape index (κ3) is 10.9. The van der Waals surface area contributed by atoms with Crippen LogP contribution in [-0.2, 0) is 19.6 Å².